The predicted molar refractivity (Wildman–Crippen MR) is 67.5 cm³/mol. The Morgan fingerprint density at radius 1 is 1.30 bits per heavy atom. The van der Waals surface area contributed by atoms with Gasteiger partial charge in [0, 0.05) is 18.7 Å². The molecule has 0 radical (unpaired) electrons. The van der Waals surface area contributed by atoms with Crippen molar-refractivity contribution in [3.63, 3.8) is 0 Å². The SMILES string of the molecule is Cc1cc(O)ccc1C(=O)N1CCC(C(F)(F)F)CC1. The summed E-state index contributed by atoms with van der Waals surface area (Å²) in [6, 6.07) is 4.38. The third kappa shape index (κ3) is 3.05. The Balaban J connectivity index is 2.05. The highest BCUT2D eigenvalue weighted by atomic mass is 19.4. The lowest BCUT2D eigenvalue weighted by Gasteiger charge is -2.33. The van der Waals surface area contributed by atoms with Crippen LogP contribution in [0.1, 0.15) is 28.8 Å². The number of nitrogens with zero attached hydrogens (tertiary/aromatic N) is 1. The zero-order valence-corrected chi connectivity index (χ0v) is 11.1. The van der Waals surface area contributed by atoms with Crippen LogP contribution in [0.15, 0.2) is 18.2 Å². The monoisotopic (exact) mass is 287 g/mol. The van der Waals surface area contributed by atoms with Crippen molar-refractivity contribution in [1.29, 1.82) is 0 Å². The van der Waals surface area contributed by atoms with Crippen LogP contribution in [0, 0.1) is 12.8 Å². The first kappa shape index (κ1) is 14.7. The highest BCUT2D eigenvalue weighted by molar-refractivity contribution is 5.95. The number of carbonyl (C=O) groups excluding carboxylic acids is 1. The normalized spacial score (nSPS) is 17.3. The van der Waals surface area contributed by atoms with Gasteiger partial charge >= 0.3 is 6.18 Å². The van der Waals surface area contributed by atoms with Crippen molar-refractivity contribution in [2.75, 3.05) is 13.1 Å². The second-order valence-electron chi connectivity index (χ2n) is 5.11. The molecule has 2 rings (SSSR count). The molecule has 0 aliphatic carbocycles. The van der Waals surface area contributed by atoms with E-state index in [4.69, 9.17) is 0 Å². The van der Waals surface area contributed by atoms with E-state index >= 15 is 0 Å². The summed E-state index contributed by atoms with van der Waals surface area (Å²) in [5.74, 6) is -1.52. The molecule has 1 amide bonds. The van der Waals surface area contributed by atoms with Crippen molar-refractivity contribution >= 4 is 5.91 Å². The first-order chi connectivity index (χ1) is 9.29. The Kier molecular flexibility index (Phi) is 3.92. The number of likely N-dealkylation sites (tertiary alicyclic amines) is 1. The summed E-state index contributed by atoms with van der Waals surface area (Å²) < 4.78 is 37.7. The average molecular weight is 287 g/mol. The summed E-state index contributed by atoms with van der Waals surface area (Å²) in [6.45, 7) is 1.92. The van der Waals surface area contributed by atoms with Crippen LogP contribution in [0.5, 0.6) is 5.75 Å². The fourth-order valence-electron chi connectivity index (χ4n) is 2.47. The van der Waals surface area contributed by atoms with Crippen LogP contribution in [0.2, 0.25) is 0 Å². The standard InChI is InChI=1S/C14H16F3NO2/c1-9-8-11(19)2-3-12(9)13(20)18-6-4-10(5-7-18)14(15,16)17/h2-3,8,10,19H,4-7H2,1H3. The Hall–Kier alpha value is -1.72. The molecule has 1 aliphatic heterocycles. The summed E-state index contributed by atoms with van der Waals surface area (Å²) in [7, 11) is 0. The van der Waals surface area contributed by atoms with Gasteiger partial charge in [0.25, 0.3) is 5.91 Å². The Labute approximate surface area is 115 Å². The number of amides is 1. The van der Waals surface area contributed by atoms with E-state index in [9.17, 15) is 23.1 Å². The number of carbonyl (C=O) groups is 1. The van der Waals surface area contributed by atoms with Crippen molar-refractivity contribution in [2.45, 2.75) is 25.9 Å². The fraction of sp³-hybridized carbons (Fsp3) is 0.500. The third-order valence-electron chi connectivity index (χ3n) is 3.69. The van der Waals surface area contributed by atoms with Gasteiger partial charge in [0.2, 0.25) is 0 Å². The van der Waals surface area contributed by atoms with Gasteiger partial charge in [-0.3, -0.25) is 4.79 Å². The maximum absolute atomic E-state index is 12.6. The molecule has 1 aromatic rings. The van der Waals surface area contributed by atoms with E-state index in [-0.39, 0.29) is 37.6 Å². The van der Waals surface area contributed by atoms with E-state index in [1.165, 1.54) is 23.1 Å². The Morgan fingerprint density at radius 2 is 1.90 bits per heavy atom. The summed E-state index contributed by atoms with van der Waals surface area (Å²) in [5.41, 5.74) is 1.04. The number of hydrogen-bond acceptors (Lipinski definition) is 2. The molecule has 1 saturated heterocycles. The molecule has 0 atom stereocenters. The van der Waals surface area contributed by atoms with Gasteiger partial charge in [0.1, 0.15) is 5.75 Å². The minimum absolute atomic E-state index is 0.0492. The second kappa shape index (κ2) is 5.34. The quantitative estimate of drug-likeness (QED) is 0.862. The van der Waals surface area contributed by atoms with Crippen LogP contribution in [0.4, 0.5) is 13.2 Å². The van der Waals surface area contributed by atoms with Crippen molar-refractivity contribution in [3.8, 4) is 5.75 Å². The van der Waals surface area contributed by atoms with Crippen LogP contribution in [-0.2, 0) is 0 Å². The number of halogens is 3. The minimum atomic E-state index is -4.18. The molecule has 0 unspecified atom stereocenters. The van der Waals surface area contributed by atoms with Crippen LogP contribution >= 0.6 is 0 Å². The van der Waals surface area contributed by atoms with Gasteiger partial charge in [-0.25, -0.2) is 0 Å². The molecule has 0 saturated carbocycles. The van der Waals surface area contributed by atoms with Crippen LogP contribution in [-0.4, -0.2) is 35.2 Å². The molecule has 20 heavy (non-hydrogen) atoms. The maximum atomic E-state index is 12.6. The largest absolute Gasteiger partial charge is 0.508 e. The van der Waals surface area contributed by atoms with E-state index < -0.39 is 12.1 Å². The number of piperidine rings is 1. The number of aryl methyl sites for hydroxylation is 1. The topological polar surface area (TPSA) is 40.5 Å². The summed E-state index contributed by atoms with van der Waals surface area (Å²) in [5, 5.41) is 9.30. The minimum Gasteiger partial charge on any atom is -0.508 e. The molecule has 1 N–H and O–H groups in total. The van der Waals surface area contributed by atoms with Gasteiger partial charge in [-0.05, 0) is 43.5 Å². The first-order valence-corrected chi connectivity index (χ1v) is 6.44. The third-order valence-corrected chi connectivity index (χ3v) is 3.69. The molecule has 1 aliphatic rings. The van der Waals surface area contributed by atoms with Gasteiger partial charge in [0.05, 0.1) is 5.92 Å². The highest BCUT2D eigenvalue weighted by Gasteiger charge is 2.41. The number of benzene rings is 1. The number of phenolic OH excluding ortho intramolecular Hbond substituents is 1. The number of aromatic hydroxyl groups is 1. The lowest BCUT2D eigenvalue weighted by Crippen LogP contribution is -2.42. The van der Waals surface area contributed by atoms with E-state index in [1.54, 1.807) is 6.92 Å². The number of rotatable bonds is 1. The van der Waals surface area contributed by atoms with E-state index in [0.717, 1.165) is 0 Å². The van der Waals surface area contributed by atoms with Crippen LogP contribution in [0.3, 0.4) is 0 Å². The van der Waals surface area contributed by atoms with Crippen molar-refractivity contribution < 1.29 is 23.1 Å². The van der Waals surface area contributed by atoms with Gasteiger partial charge in [-0.15, -0.1) is 0 Å². The summed E-state index contributed by atoms with van der Waals surface area (Å²) in [4.78, 5) is 13.7. The Morgan fingerprint density at radius 3 is 2.40 bits per heavy atom. The van der Waals surface area contributed by atoms with Gasteiger partial charge in [-0.2, -0.15) is 13.2 Å². The van der Waals surface area contributed by atoms with E-state index in [1.807, 2.05) is 0 Å². The molecule has 1 aromatic carbocycles. The molecule has 0 bridgehead atoms. The van der Waals surface area contributed by atoms with Crippen LogP contribution in [0.25, 0.3) is 0 Å². The predicted octanol–water partition coefficient (Wildman–Crippen LogP) is 3.12. The lowest BCUT2D eigenvalue weighted by molar-refractivity contribution is -0.183. The molecule has 1 heterocycles. The van der Waals surface area contributed by atoms with E-state index in [2.05, 4.69) is 0 Å². The molecule has 3 nitrogen and oxygen atoms in total. The maximum Gasteiger partial charge on any atom is 0.391 e. The smallest absolute Gasteiger partial charge is 0.391 e. The molecule has 0 aromatic heterocycles. The summed E-state index contributed by atoms with van der Waals surface area (Å²) in [6.07, 6.45) is -4.28. The highest BCUT2D eigenvalue weighted by Crippen LogP contribution is 2.34. The van der Waals surface area contributed by atoms with Gasteiger partial charge in [0.15, 0.2) is 0 Å². The average Bonchev–Trinajstić information content (AvgIpc) is 2.37. The molecule has 1 fully saturated rings. The summed E-state index contributed by atoms with van der Waals surface area (Å²) >= 11 is 0. The fourth-order valence-corrected chi connectivity index (χ4v) is 2.47. The molecule has 6 heteroatoms. The molecule has 110 valence electrons. The van der Waals surface area contributed by atoms with Gasteiger partial charge in [-0.1, -0.05) is 0 Å². The first-order valence-electron chi connectivity index (χ1n) is 6.44. The number of alkyl halides is 3. The van der Waals surface area contributed by atoms with Crippen molar-refractivity contribution in [1.82, 2.24) is 4.90 Å². The Bertz CT molecular complexity index is 506. The van der Waals surface area contributed by atoms with Crippen molar-refractivity contribution in [3.05, 3.63) is 29.3 Å². The van der Waals surface area contributed by atoms with Crippen LogP contribution < -0.4 is 0 Å². The number of phenols is 1. The lowest BCUT2D eigenvalue weighted by atomic mass is 9.95. The number of hydrogen-bond donors (Lipinski definition) is 1. The molecule has 0 spiro atoms. The zero-order chi connectivity index (χ0) is 14.9. The second-order valence-corrected chi connectivity index (χ2v) is 5.11. The molecular weight excluding hydrogens is 271 g/mol. The van der Waals surface area contributed by atoms with Gasteiger partial charge < -0.3 is 10.0 Å². The zero-order valence-electron chi connectivity index (χ0n) is 11.1. The molecular formula is C14H16F3NO2. The van der Waals surface area contributed by atoms with Crippen molar-refractivity contribution in [2.24, 2.45) is 5.92 Å². The van der Waals surface area contributed by atoms with E-state index in [0.29, 0.717) is 11.1 Å².